The van der Waals surface area contributed by atoms with E-state index in [1.54, 1.807) is 0 Å². The molecule has 3 saturated heterocycles. The van der Waals surface area contributed by atoms with E-state index < -0.39 is 0 Å². The summed E-state index contributed by atoms with van der Waals surface area (Å²) in [5.74, 6) is 0.762. The summed E-state index contributed by atoms with van der Waals surface area (Å²) in [4.78, 5) is 10.5. The third kappa shape index (κ3) is 1.68. The number of imidazole rings is 1. The first-order chi connectivity index (χ1) is 9.24. The van der Waals surface area contributed by atoms with E-state index in [2.05, 4.69) is 26.4 Å². The van der Waals surface area contributed by atoms with Crippen LogP contribution in [0.1, 0.15) is 24.4 Å². The zero-order valence-electron chi connectivity index (χ0n) is 11.1. The molecule has 2 aromatic rings. The number of piperidine rings is 3. The number of aryl methyl sites for hydroxylation is 1. The first-order valence-corrected chi connectivity index (χ1v) is 7.43. The molecule has 0 spiro atoms. The first kappa shape index (κ1) is 11.6. The van der Waals surface area contributed by atoms with Gasteiger partial charge < -0.3 is 9.88 Å². The largest absolute Gasteiger partial charge is 0.329 e. The number of aromatic nitrogens is 3. The minimum Gasteiger partial charge on any atom is -0.329 e. The fourth-order valence-electron chi connectivity index (χ4n) is 3.68. The number of rotatable bonds is 1. The lowest BCUT2D eigenvalue weighted by atomic mass is 9.84. The second-order valence-corrected chi connectivity index (χ2v) is 6.22. The molecule has 100 valence electrons. The topological polar surface area (TPSA) is 36.9 Å². The van der Waals surface area contributed by atoms with Crippen LogP contribution in [0.4, 0.5) is 0 Å². The molecule has 5 rings (SSSR count). The van der Waals surface area contributed by atoms with Gasteiger partial charge in [-0.2, -0.15) is 0 Å². The highest BCUT2D eigenvalue weighted by molar-refractivity contribution is 7.71. The minimum absolute atomic E-state index is 0.498. The standard InChI is InChI=1S/C14H18N4S/c1-9-2-5-15-13-12(9)16-14(19)18(13)11-8-17-6-3-10(11)4-7-17/h2,5,10-11H,3-4,6-8H2,1H3,(H,16,19). The molecule has 0 saturated carbocycles. The smallest absolute Gasteiger partial charge is 0.179 e. The highest BCUT2D eigenvalue weighted by Gasteiger charge is 2.36. The number of H-pyrrole nitrogens is 1. The number of pyridine rings is 1. The van der Waals surface area contributed by atoms with Crippen LogP contribution >= 0.6 is 12.2 Å². The average Bonchev–Trinajstić information content (AvgIpc) is 2.78. The molecule has 2 bridgehead atoms. The van der Waals surface area contributed by atoms with Crippen molar-refractivity contribution in [2.45, 2.75) is 25.8 Å². The van der Waals surface area contributed by atoms with Gasteiger partial charge in [-0.25, -0.2) is 4.98 Å². The number of nitrogens with zero attached hydrogens (tertiary/aromatic N) is 3. The van der Waals surface area contributed by atoms with E-state index in [1.807, 2.05) is 12.3 Å². The van der Waals surface area contributed by atoms with Crippen LogP contribution in [0.2, 0.25) is 0 Å². The van der Waals surface area contributed by atoms with E-state index in [4.69, 9.17) is 12.2 Å². The Kier molecular flexibility index (Phi) is 2.53. The zero-order valence-corrected chi connectivity index (χ0v) is 11.9. The van der Waals surface area contributed by atoms with Crippen molar-refractivity contribution in [3.05, 3.63) is 22.6 Å². The van der Waals surface area contributed by atoms with Crippen molar-refractivity contribution in [3.8, 4) is 0 Å². The van der Waals surface area contributed by atoms with Crippen LogP contribution in [0.25, 0.3) is 11.2 Å². The van der Waals surface area contributed by atoms with Crippen LogP contribution in [-0.4, -0.2) is 39.1 Å². The summed E-state index contributed by atoms with van der Waals surface area (Å²) in [6, 6.07) is 2.53. The highest BCUT2D eigenvalue weighted by Crippen LogP contribution is 2.37. The quantitative estimate of drug-likeness (QED) is 0.812. The van der Waals surface area contributed by atoms with Crippen molar-refractivity contribution in [1.29, 1.82) is 0 Å². The van der Waals surface area contributed by atoms with E-state index in [9.17, 15) is 0 Å². The summed E-state index contributed by atoms with van der Waals surface area (Å²) in [6.45, 7) is 5.74. The molecule has 0 aromatic carbocycles. The Balaban J connectivity index is 1.89. The van der Waals surface area contributed by atoms with Crippen LogP contribution in [0.15, 0.2) is 12.3 Å². The molecule has 0 amide bonds. The van der Waals surface area contributed by atoms with Crippen molar-refractivity contribution < 1.29 is 0 Å². The van der Waals surface area contributed by atoms with Gasteiger partial charge in [-0.3, -0.25) is 4.57 Å². The maximum atomic E-state index is 5.56. The summed E-state index contributed by atoms with van der Waals surface area (Å²) in [5, 5.41) is 0. The molecule has 19 heavy (non-hydrogen) atoms. The number of nitrogens with one attached hydrogen (secondary N) is 1. The van der Waals surface area contributed by atoms with E-state index >= 15 is 0 Å². The predicted molar refractivity (Wildman–Crippen MR) is 77.9 cm³/mol. The van der Waals surface area contributed by atoms with E-state index in [0.717, 1.165) is 28.4 Å². The Morgan fingerprint density at radius 1 is 1.37 bits per heavy atom. The van der Waals surface area contributed by atoms with Crippen molar-refractivity contribution >= 4 is 23.4 Å². The minimum atomic E-state index is 0.498. The SMILES string of the molecule is Cc1ccnc2c1[nH]c(=S)n2C1CN2CCC1CC2. The zero-order chi connectivity index (χ0) is 13.0. The molecule has 0 aliphatic carbocycles. The molecular weight excluding hydrogens is 256 g/mol. The van der Waals surface area contributed by atoms with Crippen LogP contribution in [0.3, 0.4) is 0 Å². The average molecular weight is 274 g/mol. The fourth-order valence-corrected chi connectivity index (χ4v) is 4.00. The van der Waals surface area contributed by atoms with Gasteiger partial charge in [0.05, 0.1) is 11.6 Å². The lowest BCUT2D eigenvalue weighted by Crippen LogP contribution is -2.48. The normalized spacial score (nSPS) is 30.1. The van der Waals surface area contributed by atoms with Crippen molar-refractivity contribution in [3.63, 3.8) is 0 Å². The van der Waals surface area contributed by atoms with Gasteiger partial charge in [0.25, 0.3) is 0 Å². The molecule has 4 nitrogen and oxygen atoms in total. The molecule has 3 aliphatic heterocycles. The molecule has 5 heterocycles. The second kappa shape index (κ2) is 4.15. The summed E-state index contributed by atoms with van der Waals surface area (Å²) < 4.78 is 3.10. The lowest BCUT2D eigenvalue weighted by molar-refractivity contribution is 0.0580. The molecule has 1 unspecified atom stereocenters. The van der Waals surface area contributed by atoms with Crippen LogP contribution in [0.5, 0.6) is 0 Å². The maximum absolute atomic E-state index is 5.56. The third-order valence-corrected chi connectivity index (χ3v) is 5.07. The van der Waals surface area contributed by atoms with Gasteiger partial charge in [0.15, 0.2) is 10.4 Å². The lowest BCUT2D eigenvalue weighted by Gasteiger charge is -2.45. The number of fused-ring (bicyclic) bond motifs is 4. The molecular formula is C14H18N4S. The third-order valence-electron chi connectivity index (χ3n) is 4.77. The molecule has 3 fully saturated rings. The summed E-state index contributed by atoms with van der Waals surface area (Å²) in [5.41, 5.74) is 3.35. The van der Waals surface area contributed by atoms with Gasteiger partial charge in [-0.1, -0.05) is 0 Å². The number of hydrogen-bond acceptors (Lipinski definition) is 3. The predicted octanol–water partition coefficient (Wildman–Crippen LogP) is 2.67. The number of aromatic amines is 1. The first-order valence-electron chi connectivity index (χ1n) is 7.02. The Morgan fingerprint density at radius 2 is 2.16 bits per heavy atom. The van der Waals surface area contributed by atoms with Crippen molar-refractivity contribution in [2.75, 3.05) is 19.6 Å². The Morgan fingerprint density at radius 3 is 2.84 bits per heavy atom. The molecule has 1 N–H and O–H groups in total. The molecule has 2 aromatic heterocycles. The second-order valence-electron chi connectivity index (χ2n) is 5.83. The monoisotopic (exact) mass is 274 g/mol. The van der Waals surface area contributed by atoms with Crippen LogP contribution < -0.4 is 0 Å². The van der Waals surface area contributed by atoms with E-state index in [0.29, 0.717) is 6.04 Å². The molecule has 0 radical (unpaired) electrons. The van der Waals surface area contributed by atoms with Gasteiger partial charge in [0.1, 0.15) is 0 Å². The highest BCUT2D eigenvalue weighted by atomic mass is 32.1. The Hall–Kier alpha value is -1.20. The molecule has 1 atom stereocenters. The van der Waals surface area contributed by atoms with Gasteiger partial charge >= 0.3 is 0 Å². The van der Waals surface area contributed by atoms with Crippen molar-refractivity contribution in [2.24, 2.45) is 5.92 Å². The van der Waals surface area contributed by atoms with E-state index in [-0.39, 0.29) is 0 Å². The molecule has 3 aliphatic rings. The van der Waals surface area contributed by atoms with Gasteiger partial charge in [-0.05, 0) is 62.6 Å². The summed E-state index contributed by atoms with van der Waals surface area (Å²) in [7, 11) is 0. The van der Waals surface area contributed by atoms with Crippen LogP contribution in [-0.2, 0) is 0 Å². The maximum Gasteiger partial charge on any atom is 0.179 e. The fraction of sp³-hybridized carbons (Fsp3) is 0.571. The van der Waals surface area contributed by atoms with Gasteiger partial charge in [-0.15, -0.1) is 0 Å². The van der Waals surface area contributed by atoms with E-state index in [1.165, 1.54) is 31.5 Å². The van der Waals surface area contributed by atoms with Gasteiger partial charge in [0.2, 0.25) is 0 Å². The Labute approximate surface area is 117 Å². The van der Waals surface area contributed by atoms with Crippen molar-refractivity contribution in [1.82, 2.24) is 19.4 Å². The van der Waals surface area contributed by atoms with Crippen LogP contribution in [0, 0.1) is 17.6 Å². The molecule has 5 heteroatoms. The summed E-state index contributed by atoms with van der Waals surface area (Å²) >= 11 is 5.56. The number of hydrogen-bond donors (Lipinski definition) is 1. The van der Waals surface area contributed by atoms with Gasteiger partial charge in [0, 0.05) is 12.7 Å². The summed E-state index contributed by atoms with van der Waals surface area (Å²) in [6.07, 6.45) is 4.48. The Bertz CT molecular complexity index is 678.